The zero-order chi connectivity index (χ0) is 14.2. The van der Waals surface area contributed by atoms with Crippen molar-refractivity contribution in [3.8, 4) is 0 Å². The third-order valence-corrected chi connectivity index (χ3v) is 3.37. The normalized spacial score (nSPS) is 13.1. The number of aromatic nitrogens is 4. The van der Waals surface area contributed by atoms with Gasteiger partial charge in [-0.15, -0.1) is 0 Å². The average Bonchev–Trinajstić information content (AvgIpc) is 2.80. The van der Waals surface area contributed by atoms with E-state index in [1.807, 2.05) is 6.92 Å². The van der Waals surface area contributed by atoms with Gasteiger partial charge in [0, 0.05) is 26.2 Å². The Kier molecular flexibility index (Phi) is 3.57. The summed E-state index contributed by atoms with van der Waals surface area (Å²) in [6, 6.07) is -0.0379. The van der Waals surface area contributed by atoms with Gasteiger partial charge in [-0.25, -0.2) is 9.78 Å². The molecule has 1 atom stereocenters. The summed E-state index contributed by atoms with van der Waals surface area (Å²) in [7, 11) is 1.62. The van der Waals surface area contributed by atoms with E-state index in [9.17, 15) is 9.59 Å². The van der Waals surface area contributed by atoms with E-state index in [1.165, 1.54) is 9.13 Å². The molecular weight excluding hydrogens is 246 g/mol. The Morgan fingerprint density at radius 2 is 2.05 bits per heavy atom. The monoisotopic (exact) mass is 265 g/mol. The molecule has 0 bridgehead atoms. The molecule has 0 aliphatic heterocycles. The zero-order valence-corrected chi connectivity index (χ0v) is 11.5. The van der Waals surface area contributed by atoms with Crippen molar-refractivity contribution in [3.63, 3.8) is 0 Å². The third-order valence-electron chi connectivity index (χ3n) is 3.37. The van der Waals surface area contributed by atoms with Crippen LogP contribution in [0.15, 0.2) is 15.9 Å². The first-order chi connectivity index (χ1) is 9.01. The van der Waals surface area contributed by atoms with E-state index in [1.54, 1.807) is 24.9 Å². The highest BCUT2D eigenvalue weighted by atomic mass is 16.2. The fraction of sp³-hybridized carbons (Fsp3) is 0.583. The predicted octanol–water partition coefficient (Wildman–Crippen LogP) is -0.346. The Hall–Kier alpha value is -1.89. The number of hydrogen-bond donors (Lipinski definition) is 1. The molecular formula is C12H19N5O2. The number of hydrogen-bond acceptors (Lipinski definition) is 4. The van der Waals surface area contributed by atoms with E-state index in [0.717, 1.165) is 6.42 Å². The van der Waals surface area contributed by atoms with Crippen LogP contribution < -0.4 is 17.0 Å². The lowest BCUT2D eigenvalue weighted by molar-refractivity contribution is 0.544. The van der Waals surface area contributed by atoms with Crippen LogP contribution in [0.25, 0.3) is 11.2 Å². The largest absolute Gasteiger partial charge is 0.332 e. The smallest absolute Gasteiger partial charge is 0.326 e. The summed E-state index contributed by atoms with van der Waals surface area (Å²) in [5.74, 6) is 0. The minimum atomic E-state index is -0.343. The van der Waals surface area contributed by atoms with E-state index in [-0.39, 0.29) is 17.3 Å². The summed E-state index contributed by atoms with van der Waals surface area (Å²) in [6.45, 7) is 4.62. The van der Waals surface area contributed by atoms with Crippen LogP contribution in [0.4, 0.5) is 0 Å². The Morgan fingerprint density at radius 3 is 2.63 bits per heavy atom. The van der Waals surface area contributed by atoms with Gasteiger partial charge in [-0.05, 0) is 13.3 Å². The fourth-order valence-electron chi connectivity index (χ4n) is 2.12. The Bertz CT molecular complexity index is 709. The van der Waals surface area contributed by atoms with Gasteiger partial charge in [0.05, 0.1) is 6.33 Å². The molecule has 0 amide bonds. The molecule has 19 heavy (non-hydrogen) atoms. The van der Waals surface area contributed by atoms with E-state index < -0.39 is 0 Å². The standard InChI is InChI=1S/C12H19N5O2/c1-4-8(13)6-16-7-14-10-9(16)11(18)17(5-2)12(19)15(10)3/h7-8H,4-6,13H2,1-3H3. The highest BCUT2D eigenvalue weighted by Crippen LogP contribution is 2.06. The van der Waals surface area contributed by atoms with Crippen molar-refractivity contribution in [2.24, 2.45) is 12.8 Å². The fourth-order valence-corrected chi connectivity index (χ4v) is 2.12. The maximum Gasteiger partial charge on any atom is 0.332 e. The molecule has 1 unspecified atom stereocenters. The van der Waals surface area contributed by atoms with Crippen molar-refractivity contribution >= 4 is 11.2 Å². The van der Waals surface area contributed by atoms with E-state index in [4.69, 9.17) is 5.73 Å². The molecule has 2 rings (SSSR count). The molecule has 2 N–H and O–H groups in total. The number of aryl methyl sites for hydroxylation is 1. The van der Waals surface area contributed by atoms with Gasteiger partial charge in [-0.1, -0.05) is 6.92 Å². The van der Waals surface area contributed by atoms with Crippen molar-refractivity contribution in [2.45, 2.75) is 39.4 Å². The van der Waals surface area contributed by atoms with Gasteiger partial charge in [0.15, 0.2) is 11.2 Å². The van der Waals surface area contributed by atoms with Crippen molar-refractivity contribution in [2.75, 3.05) is 0 Å². The van der Waals surface area contributed by atoms with Gasteiger partial charge >= 0.3 is 5.69 Å². The number of nitrogens with zero attached hydrogens (tertiary/aromatic N) is 4. The molecule has 0 saturated carbocycles. The molecule has 7 heteroatoms. The molecule has 0 aliphatic rings. The summed E-state index contributed by atoms with van der Waals surface area (Å²) < 4.78 is 4.34. The molecule has 2 aromatic rings. The van der Waals surface area contributed by atoms with Crippen LogP contribution in [0.3, 0.4) is 0 Å². The first-order valence-corrected chi connectivity index (χ1v) is 6.41. The van der Waals surface area contributed by atoms with Gasteiger partial charge in [0.25, 0.3) is 5.56 Å². The van der Waals surface area contributed by atoms with Crippen molar-refractivity contribution in [1.29, 1.82) is 0 Å². The van der Waals surface area contributed by atoms with Gasteiger partial charge in [0.1, 0.15) is 0 Å². The van der Waals surface area contributed by atoms with E-state index >= 15 is 0 Å². The first-order valence-electron chi connectivity index (χ1n) is 6.41. The molecule has 2 aromatic heterocycles. The second-order valence-electron chi connectivity index (χ2n) is 4.63. The Labute approximate surface area is 110 Å². The van der Waals surface area contributed by atoms with Crippen LogP contribution >= 0.6 is 0 Å². The number of imidazole rings is 1. The van der Waals surface area contributed by atoms with Gasteiger partial charge in [-0.3, -0.25) is 13.9 Å². The van der Waals surface area contributed by atoms with Crippen molar-refractivity contribution in [1.82, 2.24) is 18.7 Å². The van der Waals surface area contributed by atoms with Crippen molar-refractivity contribution in [3.05, 3.63) is 27.2 Å². The molecule has 2 heterocycles. The summed E-state index contributed by atoms with van der Waals surface area (Å²) in [5.41, 5.74) is 6.11. The highest BCUT2D eigenvalue weighted by molar-refractivity contribution is 5.69. The minimum absolute atomic E-state index is 0.0379. The maximum atomic E-state index is 12.3. The van der Waals surface area contributed by atoms with Crippen LogP contribution in [-0.4, -0.2) is 24.7 Å². The average molecular weight is 265 g/mol. The lowest BCUT2D eigenvalue weighted by atomic mass is 10.2. The topological polar surface area (TPSA) is 87.8 Å². The summed E-state index contributed by atoms with van der Waals surface area (Å²) >= 11 is 0. The van der Waals surface area contributed by atoms with Crippen molar-refractivity contribution < 1.29 is 0 Å². The quantitative estimate of drug-likeness (QED) is 0.818. The maximum absolute atomic E-state index is 12.3. The van der Waals surface area contributed by atoms with E-state index in [2.05, 4.69) is 4.98 Å². The summed E-state index contributed by atoms with van der Waals surface area (Å²) in [5, 5.41) is 0. The van der Waals surface area contributed by atoms with Crippen LogP contribution in [0.5, 0.6) is 0 Å². The van der Waals surface area contributed by atoms with Crippen LogP contribution in [-0.2, 0) is 20.1 Å². The lowest BCUT2D eigenvalue weighted by Gasteiger charge is -2.11. The van der Waals surface area contributed by atoms with E-state index in [0.29, 0.717) is 24.3 Å². The molecule has 0 aliphatic carbocycles. The van der Waals surface area contributed by atoms with Gasteiger partial charge in [-0.2, -0.15) is 0 Å². The minimum Gasteiger partial charge on any atom is -0.326 e. The summed E-state index contributed by atoms with van der Waals surface area (Å²) in [4.78, 5) is 28.5. The summed E-state index contributed by atoms with van der Waals surface area (Å²) in [6.07, 6.45) is 2.38. The first kappa shape index (κ1) is 13.5. The molecule has 0 spiro atoms. The predicted molar refractivity (Wildman–Crippen MR) is 73.2 cm³/mol. The van der Waals surface area contributed by atoms with Crippen LogP contribution in [0.1, 0.15) is 20.3 Å². The Morgan fingerprint density at radius 1 is 1.37 bits per heavy atom. The lowest BCUT2D eigenvalue weighted by Crippen LogP contribution is -2.39. The SMILES string of the molecule is CCC(N)Cn1cnc2c1c(=O)n(CC)c(=O)n2C. The molecule has 0 aromatic carbocycles. The number of fused-ring (bicyclic) bond motifs is 1. The highest BCUT2D eigenvalue weighted by Gasteiger charge is 2.16. The zero-order valence-electron chi connectivity index (χ0n) is 11.5. The van der Waals surface area contributed by atoms with Gasteiger partial charge < -0.3 is 10.3 Å². The van der Waals surface area contributed by atoms with Crippen LogP contribution in [0, 0.1) is 0 Å². The second-order valence-corrected chi connectivity index (χ2v) is 4.63. The van der Waals surface area contributed by atoms with Gasteiger partial charge in [0.2, 0.25) is 0 Å². The molecule has 0 saturated heterocycles. The second kappa shape index (κ2) is 5.00. The number of rotatable bonds is 4. The molecule has 104 valence electrons. The molecule has 0 fully saturated rings. The number of nitrogens with two attached hydrogens (primary N) is 1. The molecule has 0 radical (unpaired) electrons. The third kappa shape index (κ3) is 2.10. The molecule has 7 nitrogen and oxygen atoms in total. The van der Waals surface area contributed by atoms with Crippen LogP contribution in [0.2, 0.25) is 0 Å². The Balaban J connectivity index is 2.75.